The van der Waals surface area contributed by atoms with Crippen molar-refractivity contribution in [3.05, 3.63) is 23.9 Å². The van der Waals surface area contributed by atoms with Crippen LogP contribution >= 0.6 is 0 Å². The van der Waals surface area contributed by atoms with Gasteiger partial charge in [0.25, 0.3) is 0 Å². The Morgan fingerprint density at radius 3 is 2.82 bits per heavy atom. The molecule has 0 aromatic carbocycles. The summed E-state index contributed by atoms with van der Waals surface area (Å²) in [7, 11) is 0. The number of pyridine rings is 1. The molecule has 17 heavy (non-hydrogen) atoms. The summed E-state index contributed by atoms with van der Waals surface area (Å²) < 4.78 is 0. The van der Waals surface area contributed by atoms with E-state index >= 15 is 0 Å². The highest BCUT2D eigenvalue weighted by Gasteiger charge is 2.12. The average Bonchev–Trinajstić information content (AvgIpc) is 2.29. The predicted octanol–water partition coefficient (Wildman–Crippen LogP) is 0.716. The predicted molar refractivity (Wildman–Crippen MR) is 63.0 cm³/mol. The summed E-state index contributed by atoms with van der Waals surface area (Å²) in [6, 6.07) is 2.31. The van der Waals surface area contributed by atoms with E-state index in [0.717, 1.165) is 0 Å². The van der Waals surface area contributed by atoms with Gasteiger partial charge in [-0.3, -0.25) is 4.79 Å². The highest BCUT2D eigenvalue weighted by molar-refractivity contribution is 5.89. The topological polar surface area (TPSA) is 91.3 Å². The minimum absolute atomic E-state index is 0.130. The van der Waals surface area contributed by atoms with Crippen LogP contribution in [0.2, 0.25) is 0 Å². The highest BCUT2D eigenvalue weighted by atomic mass is 16.4. The number of rotatable bonds is 5. The van der Waals surface area contributed by atoms with Crippen molar-refractivity contribution in [1.82, 2.24) is 10.3 Å². The number of aromatic nitrogens is 1. The highest BCUT2D eigenvalue weighted by Crippen LogP contribution is 2.08. The maximum absolute atomic E-state index is 11.4. The van der Waals surface area contributed by atoms with E-state index in [4.69, 9.17) is 5.11 Å². The summed E-state index contributed by atoms with van der Waals surface area (Å²) in [5.41, 5.74) is 0.130. The van der Waals surface area contributed by atoms with Crippen LogP contribution in [-0.4, -0.2) is 34.6 Å². The minimum Gasteiger partial charge on any atom is -0.478 e. The van der Waals surface area contributed by atoms with Crippen molar-refractivity contribution in [2.75, 3.05) is 11.9 Å². The number of carboxylic acid groups (broad SMARTS) is 1. The first-order valence-corrected chi connectivity index (χ1v) is 5.28. The number of anilines is 1. The van der Waals surface area contributed by atoms with Gasteiger partial charge in [0.2, 0.25) is 5.91 Å². The molecule has 3 N–H and O–H groups in total. The first-order chi connectivity index (χ1) is 8.04. The smallest absolute Gasteiger partial charge is 0.335 e. The Morgan fingerprint density at radius 2 is 2.24 bits per heavy atom. The molecule has 1 aromatic rings. The molecule has 0 fully saturated rings. The van der Waals surface area contributed by atoms with Crippen LogP contribution in [0.4, 0.5) is 5.82 Å². The molecular weight excluding hydrogens is 222 g/mol. The number of carbonyl (C=O) groups excluding carboxylic acids is 1. The van der Waals surface area contributed by atoms with E-state index in [2.05, 4.69) is 15.6 Å². The Kier molecular flexibility index (Phi) is 4.45. The fourth-order valence-corrected chi connectivity index (χ4v) is 1.26. The first kappa shape index (κ1) is 13.0. The zero-order valence-corrected chi connectivity index (χ0v) is 9.73. The van der Waals surface area contributed by atoms with Crippen molar-refractivity contribution in [1.29, 1.82) is 0 Å². The molecule has 0 saturated carbocycles. The molecule has 0 aliphatic rings. The quantitative estimate of drug-likeness (QED) is 0.701. The van der Waals surface area contributed by atoms with Crippen LogP contribution in [0.5, 0.6) is 0 Å². The van der Waals surface area contributed by atoms with Crippen molar-refractivity contribution in [3.63, 3.8) is 0 Å². The Hall–Kier alpha value is -2.11. The Labute approximate surface area is 99.1 Å². The summed E-state index contributed by atoms with van der Waals surface area (Å²) in [6.07, 6.45) is 1.39. The van der Waals surface area contributed by atoms with Gasteiger partial charge in [0.15, 0.2) is 0 Å². The molecule has 1 aromatic heterocycles. The zero-order chi connectivity index (χ0) is 12.8. The molecule has 1 atom stereocenters. The van der Waals surface area contributed by atoms with Gasteiger partial charge in [0.1, 0.15) is 11.9 Å². The number of likely N-dealkylation sites (N-methyl/N-ethyl adjacent to an activating group) is 1. The van der Waals surface area contributed by atoms with Gasteiger partial charge in [-0.2, -0.15) is 0 Å². The largest absolute Gasteiger partial charge is 0.478 e. The number of nitrogens with zero attached hydrogens (tertiary/aromatic N) is 1. The maximum Gasteiger partial charge on any atom is 0.335 e. The normalized spacial score (nSPS) is 11.6. The van der Waals surface area contributed by atoms with Crippen molar-refractivity contribution in [2.24, 2.45) is 0 Å². The lowest BCUT2D eigenvalue weighted by molar-refractivity contribution is -0.121. The molecular formula is C11H15N3O3. The van der Waals surface area contributed by atoms with Crippen LogP contribution in [0.3, 0.4) is 0 Å². The third kappa shape index (κ3) is 3.75. The van der Waals surface area contributed by atoms with Crippen LogP contribution in [0, 0.1) is 0 Å². The van der Waals surface area contributed by atoms with Crippen LogP contribution < -0.4 is 10.6 Å². The van der Waals surface area contributed by atoms with Gasteiger partial charge >= 0.3 is 5.97 Å². The SMILES string of the molecule is CCNC(=O)C(C)Nc1cc(C(=O)O)ccn1. The molecule has 0 radical (unpaired) electrons. The summed E-state index contributed by atoms with van der Waals surface area (Å²) >= 11 is 0. The lowest BCUT2D eigenvalue weighted by Gasteiger charge is -2.13. The molecule has 6 nitrogen and oxygen atoms in total. The average molecular weight is 237 g/mol. The molecule has 1 rings (SSSR count). The number of hydrogen-bond donors (Lipinski definition) is 3. The summed E-state index contributed by atoms with van der Waals surface area (Å²) in [4.78, 5) is 26.1. The number of nitrogens with one attached hydrogen (secondary N) is 2. The van der Waals surface area contributed by atoms with Crippen LogP contribution in [0.1, 0.15) is 24.2 Å². The van der Waals surface area contributed by atoms with Gasteiger partial charge in [0, 0.05) is 12.7 Å². The summed E-state index contributed by atoms with van der Waals surface area (Å²) in [5.74, 6) is -0.820. The molecule has 1 amide bonds. The standard InChI is InChI=1S/C11H15N3O3/c1-3-12-10(15)7(2)14-9-6-8(11(16)17)4-5-13-9/h4-7H,3H2,1-2H3,(H,12,15)(H,13,14)(H,16,17). The Morgan fingerprint density at radius 1 is 1.53 bits per heavy atom. The van der Waals surface area contributed by atoms with Gasteiger partial charge < -0.3 is 15.7 Å². The third-order valence-corrected chi connectivity index (χ3v) is 2.12. The van der Waals surface area contributed by atoms with E-state index in [9.17, 15) is 9.59 Å². The molecule has 0 aliphatic heterocycles. The number of amides is 1. The minimum atomic E-state index is -1.03. The van der Waals surface area contributed by atoms with Crippen molar-refractivity contribution in [2.45, 2.75) is 19.9 Å². The van der Waals surface area contributed by atoms with Crippen molar-refractivity contribution in [3.8, 4) is 0 Å². The number of carbonyl (C=O) groups is 2. The van der Waals surface area contributed by atoms with Crippen LogP contribution in [-0.2, 0) is 4.79 Å². The van der Waals surface area contributed by atoms with E-state index in [1.54, 1.807) is 6.92 Å². The molecule has 0 spiro atoms. The Balaban J connectivity index is 2.71. The fourth-order valence-electron chi connectivity index (χ4n) is 1.26. The molecule has 1 unspecified atom stereocenters. The first-order valence-electron chi connectivity index (χ1n) is 5.28. The lowest BCUT2D eigenvalue weighted by Crippen LogP contribution is -2.37. The van der Waals surface area contributed by atoms with Crippen molar-refractivity contribution < 1.29 is 14.7 Å². The molecule has 6 heteroatoms. The van der Waals surface area contributed by atoms with E-state index in [1.165, 1.54) is 18.3 Å². The van der Waals surface area contributed by atoms with Gasteiger partial charge in [-0.15, -0.1) is 0 Å². The fraction of sp³-hybridized carbons (Fsp3) is 0.364. The summed E-state index contributed by atoms with van der Waals surface area (Å²) in [5, 5.41) is 14.3. The molecule has 1 heterocycles. The maximum atomic E-state index is 11.4. The second-order valence-corrected chi connectivity index (χ2v) is 3.50. The Bertz CT molecular complexity index is 420. The van der Waals surface area contributed by atoms with E-state index in [1.807, 2.05) is 6.92 Å². The zero-order valence-electron chi connectivity index (χ0n) is 9.73. The second-order valence-electron chi connectivity index (χ2n) is 3.50. The van der Waals surface area contributed by atoms with Crippen LogP contribution in [0.25, 0.3) is 0 Å². The number of aromatic carboxylic acids is 1. The monoisotopic (exact) mass is 237 g/mol. The molecule has 92 valence electrons. The second kappa shape index (κ2) is 5.83. The molecule has 0 saturated heterocycles. The molecule has 0 aliphatic carbocycles. The van der Waals surface area contributed by atoms with E-state index in [-0.39, 0.29) is 11.5 Å². The van der Waals surface area contributed by atoms with E-state index in [0.29, 0.717) is 12.4 Å². The van der Waals surface area contributed by atoms with Crippen LogP contribution in [0.15, 0.2) is 18.3 Å². The van der Waals surface area contributed by atoms with Gasteiger partial charge in [-0.1, -0.05) is 0 Å². The lowest BCUT2D eigenvalue weighted by atomic mass is 10.2. The van der Waals surface area contributed by atoms with Gasteiger partial charge in [0.05, 0.1) is 5.56 Å². The number of hydrogen-bond acceptors (Lipinski definition) is 4. The third-order valence-electron chi connectivity index (χ3n) is 2.12. The molecule has 0 bridgehead atoms. The van der Waals surface area contributed by atoms with Gasteiger partial charge in [-0.05, 0) is 26.0 Å². The summed E-state index contributed by atoms with van der Waals surface area (Å²) in [6.45, 7) is 4.06. The van der Waals surface area contributed by atoms with Gasteiger partial charge in [-0.25, -0.2) is 9.78 Å². The van der Waals surface area contributed by atoms with E-state index < -0.39 is 12.0 Å². The van der Waals surface area contributed by atoms with Crippen molar-refractivity contribution >= 4 is 17.7 Å². The number of carboxylic acids is 1.